The Hall–Kier alpha value is -3.39. The summed E-state index contributed by atoms with van der Waals surface area (Å²) in [7, 11) is 1.61. The van der Waals surface area contributed by atoms with Crippen LogP contribution < -0.4 is 9.47 Å². The van der Waals surface area contributed by atoms with Crippen molar-refractivity contribution in [3.05, 3.63) is 98.0 Å². The average Bonchev–Trinajstić information content (AvgIpc) is 3.24. The molecule has 3 aromatic rings. The fourth-order valence-corrected chi connectivity index (χ4v) is 4.52. The van der Waals surface area contributed by atoms with Crippen molar-refractivity contribution in [1.29, 1.82) is 0 Å². The molecule has 0 N–H and O–H groups in total. The van der Waals surface area contributed by atoms with E-state index in [-0.39, 0.29) is 11.7 Å². The molecule has 0 amide bonds. The zero-order valence-corrected chi connectivity index (χ0v) is 18.2. The first-order chi connectivity index (χ1) is 15.0. The van der Waals surface area contributed by atoms with Gasteiger partial charge in [-0.05, 0) is 29.8 Å². The lowest BCUT2D eigenvalue weighted by atomic mass is 9.95. The van der Waals surface area contributed by atoms with Gasteiger partial charge in [-0.15, -0.1) is 0 Å². The molecule has 0 aromatic heterocycles. The van der Waals surface area contributed by atoms with Gasteiger partial charge in [-0.25, -0.2) is 5.01 Å². The molecule has 0 spiro atoms. The third-order valence-corrected chi connectivity index (χ3v) is 5.99. The molecule has 2 heterocycles. The van der Waals surface area contributed by atoms with Crippen LogP contribution in [0.2, 0.25) is 0 Å². The van der Waals surface area contributed by atoms with E-state index in [2.05, 4.69) is 15.9 Å². The van der Waals surface area contributed by atoms with E-state index in [0.29, 0.717) is 17.9 Å². The minimum Gasteiger partial charge on any atom is -0.493 e. The highest BCUT2D eigenvalue weighted by molar-refractivity contribution is 9.10. The molecule has 2 aliphatic heterocycles. The van der Waals surface area contributed by atoms with E-state index >= 15 is 0 Å². The minimum absolute atomic E-state index is 0.0351. The molecule has 2 aliphatic rings. The van der Waals surface area contributed by atoms with Crippen LogP contribution in [-0.4, -0.2) is 22.8 Å². The first-order valence-corrected chi connectivity index (χ1v) is 10.5. The first-order valence-electron chi connectivity index (χ1n) is 9.75. The maximum absolute atomic E-state index is 11.1. The second-order valence-electron chi connectivity index (χ2n) is 7.36. The fourth-order valence-electron chi connectivity index (χ4n) is 4.06. The van der Waals surface area contributed by atoms with Crippen molar-refractivity contribution in [3.8, 4) is 11.5 Å². The van der Waals surface area contributed by atoms with Crippen LogP contribution in [0.1, 0.15) is 35.4 Å². The Kier molecular flexibility index (Phi) is 4.86. The lowest BCUT2D eigenvalue weighted by Crippen LogP contribution is -2.34. The summed E-state index contributed by atoms with van der Waals surface area (Å²) >= 11 is 3.57. The van der Waals surface area contributed by atoms with E-state index in [4.69, 9.17) is 14.6 Å². The number of ether oxygens (including phenoxy) is 2. The number of nitrogens with zero attached hydrogens (tertiary/aromatic N) is 3. The predicted octanol–water partition coefficient (Wildman–Crippen LogP) is 5.61. The van der Waals surface area contributed by atoms with E-state index in [0.717, 1.165) is 26.9 Å². The molecule has 7 nitrogen and oxygen atoms in total. The molecule has 0 bridgehead atoms. The van der Waals surface area contributed by atoms with Gasteiger partial charge < -0.3 is 9.47 Å². The number of fused-ring (bicyclic) bond motifs is 3. The number of benzene rings is 3. The first kappa shape index (κ1) is 19.6. The number of hydrogen-bond acceptors (Lipinski definition) is 6. The molecule has 0 saturated carbocycles. The molecule has 0 fully saturated rings. The summed E-state index contributed by atoms with van der Waals surface area (Å²) in [6, 6.07) is 20.3. The summed E-state index contributed by atoms with van der Waals surface area (Å²) in [5, 5.41) is 17.9. The number of nitro groups is 1. The number of hydrazone groups is 1. The van der Waals surface area contributed by atoms with Crippen molar-refractivity contribution in [1.82, 2.24) is 5.01 Å². The number of nitro benzene ring substituents is 1. The van der Waals surface area contributed by atoms with Crippen LogP contribution in [0.5, 0.6) is 11.5 Å². The van der Waals surface area contributed by atoms with Gasteiger partial charge in [0, 0.05) is 34.2 Å². The van der Waals surface area contributed by atoms with Gasteiger partial charge in [0.1, 0.15) is 0 Å². The Morgan fingerprint density at radius 3 is 2.58 bits per heavy atom. The predicted molar refractivity (Wildman–Crippen MR) is 119 cm³/mol. The van der Waals surface area contributed by atoms with Crippen LogP contribution in [0.25, 0.3) is 0 Å². The Balaban J connectivity index is 1.62. The summed E-state index contributed by atoms with van der Waals surface area (Å²) < 4.78 is 12.9. The third kappa shape index (κ3) is 3.42. The Labute approximate surface area is 187 Å². The van der Waals surface area contributed by atoms with Gasteiger partial charge in [0.05, 0.1) is 23.8 Å². The summed E-state index contributed by atoms with van der Waals surface area (Å²) in [5.74, 6) is 1.30. The summed E-state index contributed by atoms with van der Waals surface area (Å²) in [6.07, 6.45) is 0.179. The maximum atomic E-state index is 11.1. The highest BCUT2D eigenvalue weighted by Gasteiger charge is 2.42. The average molecular weight is 480 g/mol. The monoisotopic (exact) mass is 479 g/mol. The van der Waals surface area contributed by atoms with E-state index in [1.165, 1.54) is 12.1 Å². The SMILES string of the molecule is COc1cc(Br)cc2c1O[C@@H](c1ccc([N+](=O)[O-])cc1)N1N=C(c3ccccc3)C[C@H]21. The van der Waals surface area contributed by atoms with E-state index in [9.17, 15) is 10.1 Å². The van der Waals surface area contributed by atoms with Gasteiger partial charge in [-0.3, -0.25) is 10.1 Å². The number of methoxy groups -OCH3 is 1. The van der Waals surface area contributed by atoms with Crippen molar-refractivity contribution in [2.75, 3.05) is 7.11 Å². The molecule has 0 radical (unpaired) electrons. The minimum atomic E-state index is -0.533. The lowest BCUT2D eigenvalue weighted by Gasteiger charge is -2.38. The quantitative estimate of drug-likeness (QED) is 0.359. The molecule has 2 atom stereocenters. The van der Waals surface area contributed by atoms with E-state index < -0.39 is 11.2 Å². The Bertz CT molecular complexity index is 1180. The topological polar surface area (TPSA) is 77.2 Å². The molecule has 0 saturated heterocycles. The number of rotatable bonds is 4. The van der Waals surface area contributed by atoms with Crippen molar-refractivity contribution < 1.29 is 14.4 Å². The second kappa shape index (κ2) is 7.70. The van der Waals surface area contributed by atoms with Crippen molar-refractivity contribution in [2.24, 2.45) is 5.10 Å². The van der Waals surface area contributed by atoms with Crippen molar-refractivity contribution >= 4 is 27.3 Å². The zero-order valence-electron chi connectivity index (χ0n) is 16.6. The van der Waals surface area contributed by atoms with Crippen LogP contribution in [0.15, 0.2) is 76.3 Å². The fraction of sp³-hybridized carbons (Fsp3) is 0.174. The molecular weight excluding hydrogens is 462 g/mol. The normalized spacial score (nSPS) is 19.2. The number of halogens is 1. The standard InChI is InChI=1S/C23H18BrN3O4/c1-30-21-12-16(24)11-18-20-13-19(14-5-3-2-4-6-14)25-26(20)23(31-22(18)21)15-7-9-17(10-8-15)27(28)29/h2-12,20,23H,13H2,1H3/t20-,23+/m1/s1. The molecule has 8 heteroatoms. The highest BCUT2D eigenvalue weighted by Crippen LogP contribution is 2.51. The van der Waals surface area contributed by atoms with Gasteiger partial charge in [-0.2, -0.15) is 5.10 Å². The molecule has 3 aromatic carbocycles. The van der Waals surface area contributed by atoms with Crippen LogP contribution in [0.4, 0.5) is 5.69 Å². The van der Waals surface area contributed by atoms with Crippen LogP contribution >= 0.6 is 15.9 Å². The van der Waals surface area contributed by atoms with Crippen molar-refractivity contribution in [2.45, 2.75) is 18.7 Å². The molecule has 5 rings (SSSR count). The van der Waals surface area contributed by atoms with Crippen molar-refractivity contribution in [3.63, 3.8) is 0 Å². The summed E-state index contributed by atoms with van der Waals surface area (Å²) in [4.78, 5) is 10.7. The van der Waals surface area contributed by atoms with Crippen LogP contribution in [-0.2, 0) is 0 Å². The molecule has 31 heavy (non-hydrogen) atoms. The molecule has 0 aliphatic carbocycles. The van der Waals surface area contributed by atoms with Gasteiger partial charge >= 0.3 is 0 Å². The molecular formula is C23H18BrN3O4. The maximum Gasteiger partial charge on any atom is 0.269 e. The summed E-state index contributed by atoms with van der Waals surface area (Å²) in [5.41, 5.74) is 3.83. The van der Waals surface area contributed by atoms with Crippen LogP contribution in [0.3, 0.4) is 0 Å². The van der Waals surface area contributed by atoms with Gasteiger partial charge in [-0.1, -0.05) is 46.3 Å². The highest BCUT2D eigenvalue weighted by atomic mass is 79.9. The number of non-ortho nitro benzene ring substituents is 1. The smallest absolute Gasteiger partial charge is 0.269 e. The molecule has 0 unspecified atom stereocenters. The largest absolute Gasteiger partial charge is 0.493 e. The number of hydrogen-bond donors (Lipinski definition) is 0. The Morgan fingerprint density at radius 2 is 1.90 bits per heavy atom. The van der Waals surface area contributed by atoms with Gasteiger partial charge in [0.2, 0.25) is 6.23 Å². The molecule has 156 valence electrons. The Morgan fingerprint density at radius 1 is 1.16 bits per heavy atom. The second-order valence-corrected chi connectivity index (χ2v) is 8.27. The zero-order chi connectivity index (χ0) is 21.5. The third-order valence-electron chi connectivity index (χ3n) is 5.54. The van der Waals surface area contributed by atoms with E-state index in [1.54, 1.807) is 19.2 Å². The lowest BCUT2D eigenvalue weighted by molar-refractivity contribution is -0.384. The summed E-state index contributed by atoms with van der Waals surface area (Å²) in [6.45, 7) is 0. The van der Waals surface area contributed by atoms with E-state index in [1.807, 2.05) is 47.5 Å². The van der Waals surface area contributed by atoms with Gasteiger partial charge in [0.15, 0.2) is 11.5 Å². The van der Waals surface area contributed by atoms with Crippen LogP contribution in [0, 0.1) is 10.1 Å². The van der Waals surface area contributed by atoms with Gasteiger partial charge in [0.25, 0.3) is 5.69 Å².